The van der Waals surface area contributed by atoms with E-state index in [1.807, 2.05) is 20.8 Å². The van der Waals surface area contributed by atoms with Crippen LogP contribution in [-0.4, -0.2) is 125 Å². The second kappa shape index (κ2) is 10.9. The van der Waals surface area contributed by atoms with Gasteiger partial charge >= 0.3 is 11.8 Å². The van der Waals surface area contributed by atoms with Gasteiger partial charge in [-0.3, -0.25) is 14.4 Å². The van der Waals surface area contributed by atoms with Crippen molar-refractivity contribution in [1.82, 2.24) is 20.0 Å². The summed E-state index contributed by atoms with van der Waals surface area (Å²) in [5.74, 6) is -4.25. The van der Waals surface area contributed by atoms with Crippen LogP contribution in [0, 0.1) is 11.3 Å². The van der Waals surface area contributed by atoms with Crippen LogP contribution in [-0.2, 0) is 38.1 Å². The van der Waals surface area contributed by atoms with Gasteiger partial charge in [-0.1, -0.05) is 0 Å². The molecule has 0 unspecified atom stereocenters. The van der Waals surface area contributed by atoms with Crippen LogP contribution in [0.1, 0.15) is 73.1 Å². The lowest BCUT2D eigenvalue weighted by Gasteiger charge is -2.44. The zero-order chi connectivity index (χ0) is 30.8. The molecule has 43 heavy (non-hydrogen) atoms. The van der Waals surface area contributed by atoms with Crippen LogP contribution >= 0.6 is 0 Å². The Labute approximate surface area is 253 Å². The van der Waals surface area contributed by atoms with E-state index in [0.29, 0.717) is 32.5 Å². The third-order valence-corrected chi connectivity index (χ3v) is 9.64. The maximum Gasteiger partial charge on any atom is 0.312 e. The molecule has 13 heteroatoms. The number of carbonyl (C=O) groups excluding carboxylic acids is 3. The SMILES string of the molecule is CC1(NCC(=O)N2CCC[C@H]2C#N)CCN(C(=O)C(=O)N(C[C@@]23OC[C@H]4OC(C)(C)O[C@H]4[C@@H]2OC(C)(C)O3)C2CC2)CC1. The number of carbonyl (C=O) groups is 3. The van der Waals surface area contributed by atoms with Crippen molar-refractivity contribution < 1.29 is 38.1 Å². The third-order valence-electron chi connectivity index (χ3n) is 9.64. The number of ether oxygens (including phenoxy) is 5. The van der Waals surface area contributed by atoms with E-state index < -0.39 is 41.4 Å². The van der Waals surface area contributed by atoms with Crippen molar-refractivity contribution in [1.29, 1.82) is 5.26 Å². The molecule has 0 bridgehead atoms. The molecule has 0 aromatic carbocycles. The quantitative estimate of drug-likeness (QED) is 0.435. The topological polar surface area (TPSA) is 143 Å². The Balaban J connectivity index is 1.08. The highest BCUT2D eigenvalue weighted by molar-refractivity contribution is 6.35. The van der Waals surface area contributed by atoms with Crippen molar-refractivity contribution in [2.24, 2.45) is 0 Å². The van der Waals surface area contributed by atoms with Crippen molar-refractivity contribution in [2.75, 3.05) is 39.3 Å². The van der Waals surface area contributed by atoms with E-state index in [0.717, 1.165) is 25.7 Å². The van der Waals surface area contributed by atoms with Crippen molar-refractivity contribution in [2.45, 2.75) is 126 Å². The van der Waals surface area contributed by atoms with Gasteiger partial charge < -0.3 is 43.7 Å². The molecule has 1 N–H and O–H groups in total. The summed E-state index contributed by atoms with van der Waals surface area (Å²) >= 11 is 0. The number of piperidine rings is 1. The molecule has 5 aliphatic heterocycles. The number of rotatable bonds is 6. The fourth-order valence-corrected chi connectivity index (χ4v) is 7.18. The monoisotopic (exact) mass is 603 g/mol. The molecule has 5 saturated heterocycles. The van der Waals surface area contributed by atoms with Crippen LogP contribution in [0.15, 0.2) is 0 Å². The maximum absolute atomic E-state index is 13.8. The van der Waals surface area contributed by atoms with Crippen LogP contribution in [0.25, 0.3) is 0 Å². The Bertz CT molecular complexity index is 1180. The van der Waals surface area contributed by atoms with E-state index in [4.69, 9.17) is 23.7 Å². The largest absolute Gasteiger partial charge is 0.343 e. The Morgan fingerprint density at radius 3 is 2.37 bits per heavy atom. The molecular formula is C30H45N5O8. The molecule has 5 atom stereocenters. The van der Waals surface area contributed by atoms with Gasteiger partial charge in [0.25, 0.3) is 0 Å². The van der Waals surface area contributed by atoms with Gasteiger partial charge in [0.2, 0.25) is 11.7 Å². The number of fused-ring (bicyclic) bond motifs is 3. The molecule has 6 aliphatic rings. The Hall–Kier alpha value is -2.34. The minimum Gasteiger partial charge on any atom is -0.343 e. The summed E-state index contributed by atoms with van der Waals surface area (Å²) in [7, 11) is 0. The van der Waals surface area contributed by atoms with E-state index in [9.17, 15) is 19.6 Å². The standard InChI is InChI=1S/C30H45N5O8/c1-27(2)40-21-17-39-30(24(23(21)41-27)42-28(3,4)43-30)18-35(19-8-9-19)26(38)25(37)33-13-10-29(5,11-14-33)32-16-22(36)34-12-6-7-20(34)15-31/h19-21,23-24,32H,6-14,16-18H2,1-5H3/t20-,21+,23+,24-,30-/m0/s1. The molecule has 13 nitrogen and oxygen atoms in total. The fourth-order valence-electron chi connectivity index (χ4n) is 7.18. The Morgan fingerprint density at radius 2 is 1.70 bits per heavy atom. The van der Waals surface area contributed by atoms with E-state index in [1.54, 1.807) is 28.5 Å². The molecule has 6 fully saturated rings. The molecule has 5 heterocycles. The second-order valence-corrected chi connectivity index (χ2v) is 14.0. The number of nitrogens with one attached hydrogen (secondary N) is 1. The fraction of sp³-hybridized carbons (Fsp3) is 0.867. The van der Waals surface area contributed by atoms with E-state index in [1.165, 1.54) is 0 Å². The summed E-state index contributed by atoms with van der Waals surface area (Å²) in [6, 6.07) is 1.79. The first-order valence-corrected chi connectivity index (χ1v) is 15.7. The average Bonchev–Trinajstić information content (AvgIpc) is 3.48. The van der Waals surface area contributed by atoms with E-state index in [2.05, 4.69) is 11.4 Å². The molecule has 3 amide bonds. The highest BCUT2D eigenvalue weighted by Gasteiger charge is 2.66. The lowest BCUT2D eigenvalue weighted by Crippen LogP contribution is -2.64. The highest BCUT2D eigenvalue weighted by Crippen LogP contribution is 2.48. The van der Waals surface area contributed by atoms with Gasteiger partial charge in [0, 0.05) is 31.2 Å². The molecule has 6 rings (SSSR count). The van der Waals surface area contributed by atoms with Crippen molar-refractivity contribution in [3.63, 3.8) is 0 Å². The van der Waals surface area contributed by atoms with Gasteiger partial charge in [-0.15, -0.1) is 0 Å². The Kier molecular flexibility index (Phi) is 7.79. The predicted molar refractivity (Wildman–Crippen MR) is 150 cm³/mol. The maximum atomic E-state index is 13.8. The van der Waals surface area contributed by atoms with Gasteiger partial charge in [-0.2, -0.15) is 5.26 Å². The molecule has 0 radical (unpaired) electrons. The molecule has 1 saturated carbocycles. The van der Waals surface area contributed by atoms with Crippen LogP contribution in [0.5, 0.6) is 0 Å². The zero-order valence-corrected chi connectivity index (χ0v) is 25.9. The highest BCUT2D eigenvalue weighted by atomic mass is 16.9. The summed E-state index contributed by atoms with van der Waals surface area (Å²) in [5.41, 5.74) is -0.357. The van der Waals surface area contributed by atoms with Gasteiger partial charge in [0.15, 0.2) is 11.6 Å². The first-order valence-electron chi connectivity index (χ1n) is 15.7. The molecule has 0 aromatic heterocycles. The van der Waals surface area contributed by atoms with Gasteiger partial charge in [-0.05, 0) is 73.1 Å². The summed E-state index contributed by atoms with van der Waals surface area (Å²) < 4.78 is 31.2. The predicted octanol–water partition coefficient (Wildman–Crippen LogP) is 0.861. The molecule has 0 aromatic rings. The second-order valence-electron chi connectivity index (χ2n) is 14.0. The minimum atomic E-state index is -1.29. The zero-order valence-electron chi connectivity index (χ0n) is 25.9. The lowest BCUT2D eigenvalue weighted by atomic mass is 9.89. The molecule has 1 aliphatic carbocycles. The van der Waals surface area contributed by atoms with Crippen molar-refractivity contribution in [3.8, 4) is 6.07 Å². The van der Waals surface area contributed by atoms with E-state index >= 15 is 0 Å². The van der Waals surface area contributed by atoms with Crippen molar-refractivity contribution in [3.05, 3.63) is 0 Å². The summed E-state index contributed by atoms with van der Waals surface area (Å²) in [6.07, 6.45) is 2.97. The first kappa shape index (κ1) is 30.7. The van der Waals surface area contributed by atoms with Gasteiger partial charge in [0.1, 0.15) is 24.4 Å². The first-order chi connectivity index (χ1) is 20.2. The smallest absolute Gasteiger partial charge is 0.312 e. The third kappa shape index (κ3) is 6.02. The number of amides is 3. The number of hydrogen-bond donors (Lipinski definition) is 1. The van der Waals surface area contributed by atoms with Gasteiger partial charge in [-0.25, -0.2) is 0 Å². The molecular weight excluding hydrogens is 558 g/mol. The van der Waals surface area contributed by atoms with Crippen LogP contribution < -0.4 is 5.32 Å². The summed E-state index contributed by atoms with van der Waals surface area (Å²) in [6.45, 7) is 11.2. The molecule has 238 valence electrons. The number of nitrogens with zero attached hydrogens (tertiary/aromatic N) is 4. The van der Waals surface area contributed by atoms with Crippen LogP contribution in [0.2, 0.25) is 0 Å². The van der Waals surface area contributed by atoms with Crippen LogP contribution in [0.4, 0.5) is 0 Å². The lowest BCUT2D eigenvalue weighted by molar-refractivity contribution is -0.285. The summed E-state index contributed by atoms with van der Waals surface area (Å²) in [5, 5.41) is 12.7. The Morgan fingerprint density at radius 1 is 0.977 bits per heavy atom. The molecule has 0 spiro atoms. The minimum absolute atomic E-state index is 0.0543. The number of hydrogen-bond acceptors (Lipinski definition) is 10. The normalized spacial score (nSPS) is 35.6. The summed E-state index contributed by atoms with van der Waals surface area (Å²) in [4.78, 5) is 45.0. The average molecular weight is 604 g/mol. The van der Waals surface area contributed by atoms with Crippen molar-refractivity contribution >= 4 is 17.7 Å². The number of likely N-dealkylation sites (tertiary alicyclic amines) is 2. The van der Waals surface area contributed by atoms with Gasteiger partial charge in [0.05, 0.1) is 25.8 Å². The van der Waals surface area contributed by atoms with E-state index in [-0.39, 0.29) is 49.3 Å². The number of nitriles is 1. The van der Waals surface area contributed by atoms with Crippen LogP contribution in [0.3, 0.4) is 0 Å².